The lowest BCUT2D eigenvalue weighted by molar-refractivity contribution is 0.316. The SMILES string of the molecule is CC(C)(C)C1=NN(/C(=N/c2nnc(C(C)(C)C)s2)N(CCc2ccccn2)CCc2ccccn2)C(c2ccccc2O)S1. The first-order valence-corrected chi connectivity index (χ1v) is 16.5. The third kappa shape index (κ3) is 7.81. The molecule has 0 bridgehead atoms. The van der Waals surface area contributed by atoms with Crippen molar-refractivity contribution in [1.29, 1.82) is 0 Å². The van der Waals surface area contributed by atoms with Crippen molar-refractivity contribution in [3.05, 3.63) is 95.0 Å². The molecule has 0 spiro atoms. The largest absolute Gasteiger partial charge is 0.508 e. The summed E-state index contributed by atoms with van der Waals surface area (Å²) >= 11 is 3.13. The fourth-order valence-electron chi connectivity index (χ4n) is 4.52. The zero-order chi connectivity index (χ0) is 31.3. The number of aromatic nitrogens is 4. The number of nitrogens with zero attached hydrogens (tertiary/aromatic N) is 8. The highest BCUT2D eigenvalue weighted by atomic mass is 32.2. The Kier molecular flexibility index (Phi) is 9.65. The Bertz CT molecular complexity index is 1550. The molecule has 0 saturated heterocycles. The Hall–Kier alpha value is -3.83. The Morgan fingerprint density at radius 3 is 1.98 bits per heavy atom. The number of hydrazone groups is 1. The summed E-state index contributed by atoms with van der Waals surface area (Å²) in [7, 11) is 0. The summed E-state index contributed by atoms with van der Waals surface area (Å²) in [5.74, 6) is 0.868. The van der Waals surface area contributed by atoms with Gasteiger partial charge in [-0.3, -0.25) is 9.97 Å². The van der Waals surface area contributed by atoms with E-state index in [2.05, 4.69) is 66.6 Å². The number of hydrogen-bond donors (Lipinski definition) is 1. The minimum absolute atomic E-state index is 0.150. The van der Waals surface area contributed by atoms with Crippen molar-refractivity contribution in [1.82, 2.24) is 30.1 Å². The van der Waals surface area contributed by atoms with E-state index in [9.17, 15) is 5.11 Å². The smallest absolute Gasteiger partial charge is 0.234 e. The van der Waals surface area contributed by atoms with Gasteiger partial charge in [0.05, 0.1) is 0 Å². The molecule has 230 valence electrons. The van der Waals surface area contributed by atoms with Gasteiger partial charge in [-0.1, -0.05) is 95.0 Å². The van der Waals surface area contributed by atoms with Crippen molar-refractivity contribution >= 4 is 39.2 Å². The fraction of sp³-hybridized carbons (Fsp3) is 0.394. The predicted octanol–water partition coefficient (Wildman–Crippen LogP) is 7.21. The van der Waals surface area contributed by atoms with Crippen LogP contribution in [0.2, 0.25) is 0 Å². The maximum Gasteiger partial charge on any atom is 0.234 e. The molecule has 1 unspecified atom stereocenters. The van der Waals surface area contributed by atoms with Crippen molar-refractivity contribution < 1.29 is 5.11 Å². The van der Waals surface area contributed by atoms with Crippen molar-refractivity contribution in [2.75, 3.05) is 13.1 Å². The molecule has 5 rings (SSSR count). The molecule has 4 aromatic rings. The number of aliphatic imine (C=N–C) groups is 1. The van der Waals surface area contributed by atoms with Gasteiger partial charge in [0.15, 0.2) is 0 Å². The predicted molar refractivity (Wildman–Crippen MR) is 180 cm³/mol. The number of pyridine rings is 2. The van der Waals surface area contributed by atoms with Crippen LogP contribution in [-0.4, -0.2) is 59.3 Å². The lowest BCUT2D eigenvalue weighted by atomic mass is 9.98. The second-order valence-corrected chi connectivity index (χ2v) is 14.7. The molecular formula is C33H40N8OS2. The van der Waals surface area contributed by atoms with E-state index < -0.39 is 0 Å². The minimum Gasteiger partial charge on any atom is -0.508 e. The Morgan fingerprint density at radius 2 is 1.45 bits per heavy atom. The second-order valence-electron chi connectivity index (χ2n) is 12.7. The number of thioether (sulfide) groups is 1. The molecule has 9 nitrogen and oxygen atoms in total. The highest BCUT2D eigenvalue weighted by molar-refractivity contribution is 8.14. The topological polar surface area (TPSA) is 103 Å². The van der Waals surface area contributed by atoms with Gasteiger partial charge < -0.3 is 10.0 Å². The van der Waals surface area contributed by atoms with Gasteiger partial charge in [0.2, 0.25) is 11.1 Å². The van der Waals surface area contributed by atoms with Crippen LogP contribution in [0.1, 0.15) is 68.9 Å². The molecule has 0 aliphatic carbocycles. The molecule has 0 fully saturated rings. The first-order valence-electron chi connectivity index (χ1n) is 14.8. The van der Waals surface area contributed by atoms with Gasteiger partial charge in [-0.05, 0) is 30.3 Å². The van der Waals surface area contributed by atoms with E-state index in [1.165, 1.54) is 11.3 Å². The van der Waals surface area contributed by atoms with Crippen LogP contribution in [0, 0.1) is 5.41 Å². The molecule has 0 radical (unpaired) electrons. The van der Waals surface area contributed by atoms with Gasteiger partial charge in [-0.25, -0.2) is 5.01 Å². The van der Waals surface area contributed by atoms with Gasteiger partial charge in [0, 0.05) is 66.1 Å². The molecule has 44 heavy (non-hydrogen) atoms. The molecule has 0 amide bonds. The maximum atomic E-state index is 11.0. The van der Waals surface area contributed by atoms with E-state index >= 15 is 0 Å². The van der Waals surface area contributed by atoms with Crippen LogP contribution in [0.25, 0.3) is 0 Å². The molecular weight excluding hydrogens is 589 g/mol. The lowest BCUT2D eigenvalue weighted by Gasteiger charge is -2.33. The summed E-state index contributed by atoms with van der Waals surface area (Å²) in [6, 6.07) is 19.4. The summed E-state index contributed by atoms with van der Waals surface area (Å²) in [6.07, 6.45) is 5.07. The molecule has 1 atom stereocenters. The van der Waals surface area contributed by atoms with Crippen LogP contribution in [-0.2, 0) is 18.3 Å². The van der Waals surface area contributed by atoms with E-state index in [-0.39, 0.29) is 22.0 Å². The summed E-state index contributed by atoms with van der Waals surface area (Å²) in [6.45, 7) is 14.1. The average Bonchev–Trinajstić information content (AvgIpc) is 3.66. The standard InChI is InChI=1S/C33H40N8OS2/c1-32(2,3)28-37-38-30(44-28)36-31(41-27(25-15-7-8-16-26(25)42)43-29(39-41)33(4,5)6)40(21-17-23-13-9-11-19-34-23)22-18-24-14-10-12-20-35-24/h7-16,19-20,27,42H,17-18,21-22H2,1-6H3/b36-31+. The minimum atomic E-state index is -0.327. The van der Waals surface area contributed by atoms with Crippen molar-refractivity contribution in [3.8, 4) is 5.75 Å². The lowest BCUT2D eigenvalue weighted by Crippen LogP contribution is -2.44. The van der Waals surface area contributed by atoms with E-state index in [1.54, 1.807) is 17.8 Å². The number of hydrogen-bond acceptors (Lipinski definition) is 9. The number of phenolic OH excluding ortho intramolecular Hbond substituents is 1. The number of phenols is 1. The van der Waals surface area contributed by atoms with Crippen LogP contribution in [0.3, 0.4) is 0 Å². The van der Waals surface area contributed by atoms with Gasteiger partial charge in [0.25, 0.3) is 0 Å². The van der Waals surface area contributed by atoms with E-state index in [0.29, 0.717) is 37.0 Å². The zero-order valence-electron chi connectivity index (χ0n) is 26.2. The van der Waals surface area contributed by atoms with E-state index in [4.69, 9.17) is 10.1 Å². The quantitative estimate of drug-likeness (QED) is 0.161. The first kappa shape index (κ1) is 31.6. The molecule has 1 N–H and O–H groups in total. The van der Waals surface area contributed by atoms with Gasteiger partial charge in [0.1, 0.15) is 21.2 Å². The molecule has 1 aromatic carbocycles. The number of aromatic hydroxyl groups is 1. The highest BCUT2D eigenvalue weighted by Gasteiger charge is 2.40. The van der Waals surface area contributed by atoms with Crippen molar-refractivity contribution in [2.24, 2.45) is 15.5 Å². The van der Waals surface area contributed by atoms with Crippen LogP contribution in [0.4, 0.5) is 5.13 Å². The monoisotopic (exact) mass is 628 g/mol. The number of guanidine groups is 1. The summed E-state index contributed by atoms with van der Waals surface area (Å²) in [5, 5.41) is 29.2. The Balaban J connectivity index is 1.62. The summed E-state index contributed by atoms with van der Waals surface area (Å²) in [4.78, 5) is 16.6. The molecule has 11 heteroatoms. The molecule has 1 aliphatic rings. The average molecular weight is 629 g/mol. The second kappa shape index (κ2) is 13.4. The van der Waals surface area contributed by atoms with Crippen molar-refractivity contribution in [3.63, 3.8) is 0 Å². The molecule has 0 saturated carbocycles. The number of rotatable bonds is 8. The van der Waals surface area contributed by atoms with E-state index in [1.807, 2.05) is 72.0 Å². The van der Waals surface area contributed by atoms with Crippen LogP contribution in [0.15, 0.2) is 83.2 Å². The molecule has 4 heterocycles. The van der Waals surface area contributed by atoms with Crippen molar-refractivity contribution in [2.45, 2.75) is 65.2 Å². The van der Waals surface area contributed by atoms with Gasteiger partial charge in [-0.2, -0.15) is 10.1 Å². The third-order valence-corrected chi connectivity index (χ3v) is 9.79. The van der Waals surface area contributed by atoms with Gasteiger partial charge in [-0.15, -0.1) is 10.2 Å². The van der Waals surface area contributed by atoms with E-state index in [0.717, 1.165) is 27.0 Å². The zero-order valence-corrected chi connectivity index (χ0v) is 27.8. The van der Waals surface area contributed by atoms with Crippen LogP contribution in [0.5, 0.6) is 5.75 Å². The first-order chi connectivity index (χ1) is 21.0. The maximum absolute atomic E-state index is 11.0. The summed E-state index contributed by atoms with van der Waals surface area (Å²) in [5.41, 5.74) is 2.40. The van der Waals surface area contributed by atoms with Gasteiger partial charge >= 0.3 is 0 Å². The Morgan fingerprint density at radius 1 is 0.841 bits per heavy atom. The van der Waals surface area contributed by atoms with Crippen LogP contribution >= 0.6 is 23.1 Å². The number of para-hydroxylation sites is 1. The number of benzene rings is 1. The third-order valence-electron chi connectivity index (χ3n) is 6.96. The normalized spacial score (nSPS) is 15.9. The Labute approximate surface area is 268 Å². The highest BCUT2D eigenvalue weighted by Crippen LogP contribution is 2.47. The summed E-state index contributed by atoms with van der Waals surface area (Å²) < 4.78 is 0. The van der Waals surface area contributed by atoms with Crippen LogP contribution < -0.4 is 0 Å². The molecule has 3 aromatic heterocycles. The fourth-order valence-corrected chi connectivity index (χ4v) is 6.55. The molecule has 1 aliphatic heterocycles.